The Morgan fingerprint density at radius 1 is 1.09 bits per heavy atom. The molecular weight excluding hydrogens is 408 g/mol. The molecule has 3 heterocycles. The zero-order valence-electron chi connectivity index (χ0n) is 18.5. The first-order valence-corrected chi connectivity index (χ1v) is 11.3. The van der Waals surface area contributed by atoms with Gasteiger partial charge in [-0.25, -0.2) is 9.78 Å². The summed E-state index contributed by atoms with van der Waals surface area (Å²) in [6, 6.07) is 9.37. The van der Waals surface area contributed by atoms with Crippen LogP contribution >= 0.6 is 0 Å². The number of piperidine rings is 1. The number of ether oxygens (including phenoxy) is 1. The molecule has 2 atom stereocenters. The van der Waals surface area contributed by atoms with Crippen LogP contribution in [0.3, 0.4) is 0 Å². The van der Waals surface area contributed by atoms with Gasteiger partial charge in [0.25, 0.3) is 5.91 Å². The first kappa shape index (κ1) is 22.0. The summed E-state index contributed by atoms with van der Waals surface area (Å²) in [5, 5.41) is 0. The van der Waals surface area contributed by atoms with Gasteiger partial charge in [-0.2, -0.15) is 0 Å². The fraction of sp³-hybridized carbons (Fsp3) is 0.500. The monoisotopic (exact) mass is 438 g/mol. The molecule has 8 heteroatoms. The van der Waals surface area contributed by atoms with E-state index >= 15 is 0 Å². The topological polar surface area (TPSA) is 84.7 Å². The van der Waals surface area contributed by atoms with Gasteiger partial charge in [0.05, 0.1) is 12.1 Å². The minimum Gasteiger partial charge on any atom is -0.483 e. The lowest BCUT2D eigenvalue weighted by atomic mass is 9.90. The number of carbonyl (C=O) groups excluding carboxylic acids is 2. The zero-order valence-corrected chi connectivity index (χ0v) is 18.5. The number of aryl methyl sites for hydroxylation is 1. The predicted molar refractivity (Wildman–Crippen MR) is 119 cm³/mol. The standard InChI is InChI=1S/C24H30N4O4/c1-26-19-11-6-15-28(22(29)16-27-14-7-13-25-24(27)31)20(19)10-4-2-8-18-9-3-5-12-21(18)32-17-23(26)30/h3,5,7,9,12-14,19-20H,2,4,6,8,10-11,15-17H2,1H3/t19-,20-/m1/s1. The van der Waals surface area contributed by atoms with E-state index in [4.69, 9.17) is 4.74 Å². The van der Waals surface area contributed by atoms with Crippen molar-refractivity contribution in [2.45, 2.75) is 57.2 Å². The highest BCUT2D eigenvalue weighted by molar-refractivity contribution is 5.79. The van der Waals surface area contributed by atoms with Crippen LogP contribution in [0.1, 0.15) is 37.7 Å². The number of hydrogen-bond donors (Lipinski definition) is 0. The molecule has 0 radical (unpaired) electrons. The van der Waals surface area contributed by atoms with Crippen LogP contribution in [0.2, 0.25) is 0 Å². The summed E-state index contributed by atoms with van der Waals surface area (Å²) in [5.41, 5.74) is 0.670. The minimum absolute atomic E-state index is 0.0181. The van der Waals surface area contributed by atoms with Crippen molar-refractivity contribution in [3.63, 3.8) is 0 Å². The summed E-state index contributed by atoms with van der Waals surface area (Å²) in [7, 11) is 1.81. The van der Waals surface area contributed by atoms with E-state index in [1.165, 1.54) is 10.8 Å². The smallest absolute Gasteiger partial charge is 0.347 e. The maximum Gasteiger partial charge on any atom is 0.347 e. The molecule has 0 unspecified atom stereocenters. The number of hydrogen-bond acceptors (Lipinski definition) is 5. The van der Waals surface area contributed by atoms with Gasteiger partial charge in [0.1, 0.15) is 12.3 Å². The fourth-order valence-electron chi connectivity index (χ4n) is 4.84. The van der Waals surface area contributed by atoms with Gasteiger partial charge in [-0.05, 0) is 49.8 Å². The minimum atomic E-state index is -0.434. The van der Waals surface area contributed by atoms with E-state index in [0.717, 1.165) is 49.8 Å². The lowest BCUT2D eigenvalue weighted by molar-refractivity contribution is -0.144. The Bertz CT molecular complexity index is 1020. The number of rotatable bonds is 2. The van der Waals surface area contributed by atoms with Crippen molar-refractivity contribution in [3.8, 4) is 5.75 Å². The number of likely N-dealkylation sites (N-methyl/N-ethyl adjacent to an activating group) is 1. The van der Waals surface area contributed by atoms with Crippen LogP contribution in [-0.2, 0) is 22.6 Å². The molecule has 32 heavy (non-hydrogen) atoms. The van der Waals surface area contributed by atoms with Crippen molar-refractivity contribution in [1.82, 2.24) is 19.4 Å². The molecule has 0 N–H and O–H groups in total. The second-order valence-corrected chi connectivity index (χ2v) is 8.54. The van der Waals surface area contributed by atoms with Crippen LogP contribution in [0, 0.1) is 0 Å². The van der Waals surface area contributed by atoms with E-state index in [1.807, 2.05) is 29.2 Å². The van der Waals surface area contributed by atoms with Gasteiger partial charge in [0, 0.05) is 26.0 Å². The van der Waals surface area contributed by atoms with Gasteiger partial charge in [-0.3, -0.25) is 14.2 Å². The van der Waals surface area contributed by atoms with Crippen LogP contribution in [-0.4, -0.2) is 63.4 Å². The Hall–Kier alpha value is -3.16. The van der Waals surface area contributed by atoms with Gasteiger partial charge in [0.15, 0.2) is 6.61 Å². The number of para-hydroxylation sites is 1. The van der Waals surface area contributed by atoms with E-state index in [-0.39, 0.29) is 37.0 Å². The molecule has 2 aromatic rings. The molecule has 2 aliphatic heterocycles. The van der Waals surface area contributed by atoms with Crippen LogP contribution in [0.25, 0.3) is 0 Å². The summed E-state index contributed by atoms with van der Waals surface area (Å²) in [6.45, 7) is 0.580. The lowest BCUT2D eigenvalue weighted by Gasteiger charge is -2.45. The molecule has 4 rings (SSSR count). The third kappa shape index (κ3) is 4.84. The van der Waals surface area contributed by atoms with Crippen molar-refractivity contribution in [2.24, 2.45) is 0 Å². The molecule has 0 saturated carbocycles. The summed E-state index contributed by atoms with van der Waals surface area (Å²) in [6.07, 6.45) is 8.28. The van der Waals surface area contributed by atoms with E-state index in [1.54, 1.807) is 24.2 Å². The third-order valence-corrected chi connectivity index (χ3v) is 6.56. The molecular formula is C24H30N4O4. The molecule has 2 aliphatic rings. The first-order chi connectivity index (χ1) is 15.5. The highest BCUT2D eigenvalue weighted by atomic mass is 16.5. The fourth-order valence-corrected chi connectivity index (χ4v) is 4.84. The second kappa shape index (κ2) is 9.97. The molecule has 0 aliphatic carbocycles. The van der Waals surface area contributed by atoms with E-state index < -0.39 is 5.69 Å². The molecule has 170 valence electrons. The molecule has 1 aromatic carbocycles. The highest BCUT2D eigenvalue weighted by Crippen LogP contribution is 2.28. The van der Waals surface area contributed by atoms with Gasteiger partial charge >= 0.3 is 5.69 Å². The summed E-state index contributed by atoms with van der Waals surface area (Å²) in [5.74, 6) is 0.575. The van der Waals surface area contributed by atoms with E-state index in [2.05, 4.69) is 4.98 Å². The van der Waals surface area contributed by atoms with Crippen molar-refractivity contribution in [3.05, 3.63) is 58.8 Å². The van der Waals surface area contributed by atoms with Crippen molar-refractivity contribution < 1.29 is 14.3 Å². The first-order valence-electron chi connectivity index (χ1n) is 11.3. The Morgan fingerprint density at radius 2 is 1.91 bits per heavy atom. The van der Waals surface area contributed by atoms with Crippen molar-refractivity contribution in [2.75, 3.05) is 20.2 Å². The average Bonchev–Trinajstić information content (AvgIpc) is 2.81. The van der Waals surface area contributed by atoms with Crippen molar-refractivity contribution in [1.29, 1.82) is 0 Å². The molecule has 0 spiro atoms. The summed E-state index contributed by atoms with van der Waals surface area (Å²) < 4.78 is 7.21. The number of likely N-dealkylation sites (tertiary alicyclic amines) is 1. The SMILES string of the molecule is CN1C(=O)COc2ccccc2CCCC[C@@H]2[C@H]1CCCN2C(=O)Cn1cccnc1=O. The molecule has 1 saturated heterocycles. The van der Waals surface area contributed by atoms with Crippen LogP contribution < -0.4 is 10.4 Å². The van der Waals surface area contributed by atoms with E-state index in [0.29, 0.717) is 6.54 Å². The molecule has 1 fully saturated rings. The predicted octanol–water partition coefficient (Wildman–Crippen LogP) is 1.87. The van der Waals surface area contributed by atoms with Crippen LogP contribution in [0.15, 0.2) is 47.5 Å². The number of benzene rings is 1. The summed E-state index contributed by atoms with van der Waals surface area (Å²) in [4.78, 5) is 45.5. The summed E-state index contributed by atoms with van der Waals surface area (Å²) >= 11 is 0. The van der Waals surface area contributed by atoms with Gasteiger partial charge in [-0.1, -0.05) is 24.6 Å². The van der Waals surface area contributed by atoms with Gasteiger partial charge in [0.2, 0.25) is 5.91 Å². The number of fused-ring (bicyclic) bond motifs is 2. The average molecular weight is 439 g/mol. The third-order valence-electron chi connectivity index (χ3n) is 6.56. The Kier molecular flexibility index (Phi) is 6.87. The van der Waals surface area contributed by atoms with Gasteiger partial charge < -0.3 is 14.5 Å². The lowest BCUT2D eigenvalue weighted by Crippen LogP contribution is -2.58. The normalized spacial score (nSPS) is 22.1. The van der Waals surface area contributed by atoms with Crippen molar-refractivity contribution >= 4 is 11.8 Å². The maximum absolute atomic E-state index is 13.2. The molecule has 2 amide bonds. The van der Waals surface area contributed by atoms with E-state index in [9.17, 15) is 14.4 Å². The Balaban J connectivity index is 1.55. The Labute approximate surface area is 187 Å². The van der Waals surface area contributed by atoms with Gasteiger partial charge in [-0.15, -0.1) is 0 Å². The largest absolute Gasteiger partial charge is 0.483 e. The second-order valence-electron chi connectivity index (χ2n) is 8.54. The van der Waals surface area contributed by atoms with Crippen LogP contribution in [0.4, 0.5) is 0 Å². The number of nitrogens with zero attached hydrogens (tertiary/aromatic N) is 4. The molecule has 8 nitrogen and oxygen atoms in total. The number of carbonyl (C=O) groups is 2. The quantitative estimate of drug-likeness (QED) is 0.715. The molecule has 1 aromatic heterocycles. The maximum atomic E-state index is 13.2. The number of amides is 2. The Morgan fingerprint density at radius 3 is 2.75 bits per heavy atom. The molecule has 0 bridgehead atoms. The van der Waals surface area contributed by atoms with Crippen LogP contribution in [0.5, 0.6) is 5.75 Å². The zero-order chi connectivity index (χ0) is 22.5. The number of aromatic nitrogens is 2. The highest BCUT2D eigenvalue weighted by Gasteiger charge is 2.37.